The van der Waals surface area contributed by atoms with Gasteiger partial charge in [0.1, 0.15) is 5.04 Å². The molecular weight excluding hydrogens is 489 g/mol. The Kier molecular flexibility index (Phi) is 8.78. The van der Waals surface area contributed by atoms with E-state index in [0.29, 0.717) is 31.9 Å². The van der Waals surface area contributed by atoms with Gasteiger partial charge in [0.2, 0.25) is 5.91 Å². The van der Waals surface area contributed by atoms with Crippen LogP contribution < -0.4 is 15.8 Å². The number of alkyl halides is 3. The van der Waals surface area contributed by atoms with E-state index in [1.54, 1.807) is 17.0 Å². The number of thioether (sulfide) groups is 1. The van der Waals surface area contributed by atoms with Crippen LogP contribution in [0.25, 0.3) is 0 Å². The van der Waals surface area contributed by atoms with E-state index in [9.17, 15) is 22.8 Å². The smallest absolute Gasteiger partial charge is 0.404 e. The standard InChI is InChI=1S/C21H21F3N6O4S/c22-21(23,24)34-16-2-1-14(11-15(16)28-17(31)12-30-7-9-33-10-8-30)19(32)29-20(26)35-18(25)13-3-5-27-6-4-13/h1-6,11,25H,7-10,12H2,(H,28,31)(H2,26,29,32). The van der Waals surface area contributed by atoms with E-state index in [1.165, 1.54) is 12.4 Å². The van der Waals surface area contributed by atoms with Crippen LogP contribution in [0.2, 0.25) is 0 Å². The summed E-state index contributed by atoms with van der Waals surface area (Å²) in [6.45, 7) is 1.80. The predicted octanol–water partition coefficient (Wildman–Crippen LogP) is 2.46. The summed E-state index contributed by atoms with van der Waals surface area (Å²) in [5, 5.41) is 10.2. The summed E-state index contributed by atoms with van der Waals surface area (Å²) in [5.41, 5.74) is 5.78. The third-order valence-electron chi connectivity index (χ3n) is 4.56. The number of ether oxygens (including phenoxy) is 2. The van der Waals surface area contributed by atoms with Crippen molar-refractivity contribution >= 4 is 39.5 Å². The van der Waals surface area contributed by atoms with Crippen LogP contribution in [0.4, 0.5) is 18.9 Å². The summed E-state index contributed by atoms with van der Waals surface area (Å²) in [7, 11) is 0. The Bertz CT molecular complexity index is 1110. The fourth-order valence-corrected chi connectivity index (χ4v) is 3.57. The first kappa shape index (κ1) is 26.1. The second-order valence-corrected chi connectivity index (χ2v) is 8.15. The molecule has 0 unspecified atom stereocenters. The molecule has 1 aliphatic rings. The monoisotopic (exact) mass is 510 g/mol. The van der Waals surface area contributed by atoms with E-state index in [0.717, 1.165) is 30.0 Å². The maximum absolute atomic E-state index is 12.8. The first-order valence-corrected chi connectivity index (χ1v) is 11.0. The number of anilines is 1. The Balaban J connectivity index is 1.75. The van der Waals surface area contributed by atoms with Crippen molar-refractivity contribution in [2.45, 2.75) is 6.36 Å². The summed E-state index contributed by atoms with van der Waals surface area (Å²) in [5.74, 6) is -2.15. The van der Waals surface area contributed by atoms with Crippen molar-refractivity contribution in [1.82, 2.24) is 9.88 Å². The Labute approximate surface area is 202 Å². The number of morpholine rings is 1. The number of nitrogens with one attached hydrogen (secondary N) is 2. The van der Waals surface area contributed by atoms with Crippen LogP contribution in [0.15, 0.2) is 47.7 Å². The molecule has 3 rings (SSSR count). The van der Waals surface area contributed by atoms with Gasteiger partial charge in [0.25, 0.3) is 5.91 Å². The quantitative estimate of drug-likeness (QED) is 0.397. The van der Waals surface area contributed by atoms with E-state index in [2.05, 4.69) is 20.0 Å². The Morgan fingerprint density at radius 1 is 1.20 bits per heavy atom. The molecule has 0 saturated carbocycles. The number of hydrogen-bond donors (Lipinski definition) is 3. The van der Waals surface area contributed by atoms with Gasteiger partial charge in [0.05, 0.1) is 25.4 Å². The number of carbonyl (C=O) groups excluding carboxylic acids is 2. The number of amidine groups is 1. The van der Waals surface area contributed by atoms with Crippen molar-refractivity contribution in [3.63, 3.8) is 0 Å². The van der Waals surface area contributed by atoms with Crippen LogP contribution in [0.1, 0.15) is 15.9 Å². The average molecular weight is 510 g/mol. The Hall–Kier alpha value is -3.49. The topological polar surface area (TPSA) is 143 Å². The van der Waals surface area contributed by atoms with E-state index in [4.69, 9.17) is 15.9 Å². The fraction of sp³-hybridized carbons (Fsp3) is 0.286. The van der Waals surface area contributed by atoms with Crippen LogP contribution >= 0.6 is 11.8 Å². The minimum Gasteiger partial charge on any atom is -0.404 e. The van der Waals surface area contributed by atoms with Gasteiger partial charge in [0, 0.05) is 36.6 Å². The zero-order chi connectivity index (χ0) is 25.4. The fourth-order valence-electron chi connectivity index (χ4n) is 2.98. The summed E-state index contributed by atoms with van der Waals surface area (Å²) < 4.78 is 47.7. The first-order chi connectivity index (χ1) is 16.6. The molecule has 2 amide bonds. The molecule has 0 aliphatic carbocycles. The molecule has 0 radical (unpaired) electrons. The Morgan fingerprint density at radius 3 is 2.54 bits per heavy atom. The average Bonchev–Trinajstić information content (AvgIpc) is 2.80. The molecule has 1 fully saturated rings. The summed E-state index contributed by atoms with van der Waals surface area (Å²) in [6.07, 6.45) is -2.04. The molecule has 1 aromatic heterocycles. The van der Waals surface area contributed by atoms with Gasteiger partial charge in [-0.05, 0) is 42.1 Å². The Morgan fingerprint density at radius 2 is 1.89 bits per heavy atom. The lowest BCUT2D eigenvalue weighted by molar-refractivity contribution is -0.274. The molecule has 35 heavy (non-hydrogen) atoms. The highest BCUT2D eigenvalue weighted by molar-refractivity contribution is 8.26. The largest absolute Gasteiger partial charge is 0.573 e. The maximum Gasteiger partial charge on any atom is 0.573 e. The first-order valence-electron chi connectivity index (χ1n) is 10.2. The molecule has 1 aliphatic heterocycles. The van der Waals surface area contributed by atoms with Crippen molar-refractivity contribution in [1.29, 1.82) is 5.41 Å². The van der Waals surface area contributed by atoms with Crippen molar-refractivity contribution in [3.8, 4) is 5.75 Å². The van der Waals surface area contributed by atoms with Crippen molar-refractivity contribution < 1.29 is 32.2 Å². The number of aliphatic imine (C=N–C) groups is 1. The van der Waals surface area contributed by atoms with Gasteiger partial charge < -0.3 is 20.5 Å². The lowest BCUT2D eigenvalue weighted by Crippen LogP contribution is -2.41. The highest BCUT2D eigenvalue weighted by Gasteiger charge is 2.32. The molecular formula is C21H21F3N6O4S. The normalized spacial score (nSPS) is 14.9. The number of hydrogen-bond acceptors (Lipinski definition) is 8. The number of nitrogens with zero attached hydrogens (tertiary/aromatic N) is 3. The molecule has 10 nitrogen and oxygen atoms in total. The minimum atomic E-state index is -5.01. The zero-order valence-electron chi connectivity index (χ0n) is 18.2. The highest BCUT2D eigenvalue weighted by Crippen LogP contribution is 2.31. The molecule has 2 heterocycles. The van der Waals surface area contributed by atoms with E-state index in [1.807, 2.05) is 0 Å². The minimum absolute atomic E-state index is 0.0199. The molecule has 0 spiro atoms. The molecule has 0 atom stereocenters. The second-order valence-electron chi connectivity index (χ2n) is 7.12. The van der Waals surface area contributed by atoms with Crippen LogP contribution in [-0.4, -0.2) is 71.1 Å². The van der Waals surface area contributed by atoms with Gasteiger partial charge in [-0.2, -0.15) is 4.99 Å². The van der Waals surface area contributed by atoms with Gasteiger partial charge in [-0.15, -0.1) is 13.2 Å². The maximum atomic E-state index is 12.8. The predicted molar refractivity (Wildman–Crippen MR) is 124 cm³/mol. The van der Waals surface area contributed by atoms with E-state index >= 15 is 0 Å². The van der Waals surface area contributed by atoms with Crippen molar-refractivity contribution in [2.75, 3.05) is 38.2 Å². The molecule has 186 valence electrons. The third kappa shape index (κ3) is 8.35. The van der Waals surface area contributed by atoms with Crippen LogP contribution in [-0.2, 0) is 9.53 Å². The van der Waals surface area contributed by atoms with Gasteiger partial charge in [-0.1, -0.05) is 0 Å². The molecule has 14 heteroatoms. The second kappa shape index (κ2) is 11.8. The summed E-state index contributed by atoms with van der Waals surface area (Å²) in [4.78, 5) is 34.3. The van der Waals surface area contributed by atoms with Gasteiger partial charge in [0.15, 0.2) is 10.9 Å². The number of amides is 2. The van der Waals surface area contributed by atoms with Crippen LogP contribution in [0, 0.1) is 5.41 Å². The zero-order valence-corrected chi connectivity index (χ0v) is 19.0. The number of pyridine rings is 1. The molecule has 0 bridgehead atoms. The molecule has 4 N–H and O–H groups in total. The van der Waals surface area contributed by atoms with Gasteiger partial charge in [-0.3, -0.25) is 24.9 Å². The number of aromatic nitrogens is 1. The lowest BCUT2D eigenvalue weighted by Gasteiger charge is -2.26. The van der Waals surface area contributed by atoms with Crippen LogP contribution in [0.5, 0.6) is 5.75 Å². The highest BCUT2D eigenvalue weighted by atomic mass is 32.2. The van der Waals surface area contributed by atoms with Crippen LogP contribution in [0.3, 0.4) is 0 Å². The van der Waals surface area contributed by atoms with Gasteiger partial charge >= 0.3 is 6.36 Å². The van der Waals surface area contributed by atoms with Crippen molar-refractivity contribution in [2.24, 2.45) is 10.7 Å². The molecule has 1 aromatic carbocycles. The summed E-state index contributed by atoms with van der Waals surface area (Å²) >= 11 is 0.725. The number of carbonyl (C=O) groups is 2. The van der Waals surface area contributed by atoms with E-state index < -0.39 is 23.9 Å². The van der Waals surface area contributed by atoms with E-state index in [-0.39, 0.29) is 28.0 Å². The molecule has 1 saturated heterocycles. The lowest BCUT2D eigenvalue weighted by atomic mass is 10.1. The number of nitrogens with two attached hydrogens (primary N) is 1. The SMILES string of the molecule is N=C(SC(N)=NC(=O)c1ccc(OC(F)(F)F)c(NC(=O)CN2CCOCC2)c1)c1ccncc1. The number of halogens is 3. The van der Waals surface area contributed by atoms with Gasteiger partial charge in [-0.25, -0.2) is 0 Å². The number of rotatable bonds is 6. The van der Waals surface area contributed by atoms with Crippen molar-refractivity contribution in [3.05, 3.63) is 53.9 Å². The molecule has 2 aromatic rings. The third-order valence-corrected chi connectivity index (χ3v) is 5.30. The number of benzene rings is 1. The summed E-state index contributed by atoms with van der Waals surface area (Å²) in [6, 6.07) is 6.15.